The number of ketones is 1. The minimum absolute atomic E-state index is 0.00581. The number of carbonyl (C=O) groups is 1. The quantitative estimate of drug-likeness (QED) is 0.271. The van der Waals surface area contributed by atoms with Gasteiger partial charge in [0, 0.05) is 22.9 Å². The molecule has 0 aliphatic heterocycles. The van der Waals surface area contributed by atoms with E-state index in [0.717, 1.165) is 23.4 Å². The summed E-state index contributed by atoms with van der Waals surface area (Å²) in [4.78, 5) is 17.5. The van der Waals surface area contributed by atoms with Crippen LogP contribution in [-0.2, 0) is 0 Å². The molecule has 0 bridgehead atoms. The Hall–Kier alpha value is -2.94. The lowest BCUT2D eigenvalue weighted by Gasteiger charge is -2.12. The molecule has 0 amide bonds. The summed E-state index contributed by atoms with van der Waals surface area (Å²) in [7, 11) is 0. The SMILES string of the molecule is CCCCCCCCOc1ccc(C(=O)c2ccccc2)c(-c2ccccn2)c1. The van der Waals surface area contributed by atoms with E-state index in [0.29, 0.717) is 17.7 Å². The fraction of sp³-hybridized carbons (Fsp3) is 0.308. The smallest absolute Gasteiger partial charge is 0.193 e. The summed E-state index contributed by atoms with van der Waals surface area (Å²) < 4.78 is 5.98. The Balaban J connectivity index is 1.75. The predicted molar refractivity (Wildman–Crippen MR) is 118 cm³/mol. The van der Waals surface area contributed by atoms with Gasteiger partial charge in [-0.05, 0) is 36.8 Å². The minimum atomic E-state index is -0.00581. The number of carbonyl (C=O) groups excluding carboxylic acids is 1. The summed E-state index contributed by atoms with van der Waals surface area (Å²) in [6, 6.07) is 20.8. The molecule has 3 nitrogen and oxygen atoms in total. The normalized spacial score (nSPS) is 10.7. The molecule has 3 rings (SSSR count). The van der Waals surface area contributed by atoms with Gasteiger partial charge in [-0.2, -0.15) is 0 Å². The van der Waals surface area contributed by atoms with Crippen LogP contribution >= 0.6 is 0 Å². The molecular weight excluding hydrogens is 358 g/mol. The molecule has 3 aromatic rings. The molecule has 2 aromatic carbocycles. The Morgan fingerprint density at radius 2 is 1.62 bits per heavy atom. The molecule has 0 spiro atoms. The van der Waals surface area contributed by atoms with E-state index >= 15 is 0 Å². The van der Waals surface area contributed by atoms with Crippen molar-refractivity contribution in [2.75, 3.05) is 6.61 Å². The third-order valence-corrected chi connectivity index (χ3v) is 4.98. The maximum Gasteiger partial charge on any atom is 0.193 e. The number of hydrogen-bond acceptors (Lipinski definition) is 3. The summed E-state index contributed by atoms with van der Waals surface area (Å²) in [6.45, 7) is 2.92. The van der Waals surface area contributed by atoms with E-state index in [1.54, 1.807) is 6.20 Å². The van der Waals surface area contributed by atoms with Crippen molar-refractivity contribution in [1.29, 1.82) is 0 Å². The van der Waals surface area contributed by atoms with Crippen molar-refractivity contribution >= 4 is 5.78 Å². The second kappa shape index (κ2) is 11.2. The molecule has 0 unspecified atom stereocenters. The molecule has 0 N–H and O–H groups in total. The van der Waals surface area contributed by atoms with Crippen LogP contribution in [0.5, 0.6) is 5.75 Å². The molecular formula is C26H29NO2. The molecule has 0 fully saturated rings. The minimum Gasteiger partial charge on any atom is -0.494 e. The van der Waals surface area contributed by atoms with Crippen LogP contribution in [0.2, 0.25) is 0 Å². The monoisotopic (exact) mass is 387 g/mol. The van der Waals surface area contributed by atoms with Crippen LogP contribution in [0.3, 0.4) is 0 Å². The number of nitrogens with zero attached hydrogens (tertiary/aromatic N) is 1. The first-order valence-electron chi connectivity index (χ1n) is 10.6. The topological polar surface area (TPSA) is 39.2 Å². The maximum atomic E-state index is 13.1. The highest BCUT2D eigenvalue weighted by Crippen LogP contribution is 2.28. The van der Waals surface area contributed by atoms with Crippen LogP contribution in [0, 0.1) is 0 Å². The standard InChI is InChI=1S/C26H29NO2/c1-2-3-4-5-6-12-19-29-22-16-17-23(26(28)21-13-8-7-9-14-21)24(20-22)25-15-10-11-18-27-25/h7-11,13-18,20H,2-6,12,19H2,1H3. The van der Waals surface area contributed by atoms with Crippen molar-refractivity contribution in [2.24, 2.45) is 0 Å². The predicted octanol–water partition coefficient (Wildman–Crippen LogP) is 6.72. The van der Waals surface area contributed by atoms with Crippen molar-refractivity contribution in [3.63, 3.8) is 0 Å². The number of benzene rings is 2. The summed E-state index contributed by atoms with van der Waals surface area (Å²) in [5, 5.41) is 0. The second-order valence-electron chi connectivity index (χ2n) is 7.23. The van der Waals surface area contributed by atoms with E-state index in [2.05, 4.69) is 11.9 Å². The first-order chi connectivity index (χ1) is 14.3. The number of unbranched alkanes of at least 4 members (excludes halogenated alkanes) is 5. The summed E-state index contributed by atoms with van der Waals surface area (Å²) in [6.07, 6.45) is 9.13. The van der Waals surface area contributed by atoms with Crippen LogP contribution in [0.25, 0.3) is 11.3 Å². The average Bonchev–Trinajstić information content (AvgIpc) is 2.79. The summed E-state index contributed by atoms with van der Waals surface area (Å²) in [5.41, 5.74) is 2.89. The first kappa shape index (κ1) is 20.8. The number of pyridine rings is 1. The van der Waals surface area contributed by atoms with Gasteiger partial charge in [0.15, 0.2) is 5.78 Å². The highest BCUT2D eigenvalue weighted by atomic mass is 16.5. The van der Waals surface area contributed by atoms with E-state index < -0.39 is 0 Å². The Labute approximate surface area is 173 Å². The van der Waals surface area contributed by atoms with E-state index in [4.69, 9.17) is 4.74 Å². The van der Waals surface area contributed by atoms with E-state index in [1.807, 2.05) is 66.7 Å². The molecule has 0 radical (unpaired) electrons. The van der Waals surface area contributed by atoms with Crippen LogP contribution in [0.15, 0.2) is 72.9 Å². The molecule has 0 saturated carbocycles. The Morgan fingerprint density at radius 3 is 2.38 bits per heavy atom. The van der Waals surface area contributed by atoms with E-state index in [9.17, 15) is 4.79 Å². The molecule has 0 aliphatic carbocycles. The summed E-state index contributed by atoms with van der Waals surface area (Å²) >= 11 is 0. The van der Waals surface area contributed by atoms with Crippen LogP contribution in [0.4, 0.5) is 0 Å². The first-order valence-corrected chi connectivity index (χ1v) is 10.6. The number of aromatic nitrogens is 1. The Kier molecular flexibility index (Phi) is 8.00. The lowest BCUT2D eigenvalue weighted by molar-refractivity contribution is 0.103. The third-order valence-electron chi connectivity index (χ3n) is 4.98. The fourth-order valence-electron chi connectivity index (χ4n) is 3.36. The van der Waals surface area contributed by atoms with E-state index in [1.165, 1.54) is 32.1 Å². The highest BCUT2D eigenvalue weighted by molar-refractivity contribution is 6.12. The molecule has 3 heteroatoms. The lowest BCUT2D eigenvalue weighted by Crippen LogP contribution is -2.05. The van der Waals surface area contributed by atoms with E-state index in [-0.39, 0.29) is 5.78 Å². The van der Waals surface area contributed by atoms with Gasteiger partial charge in [0.25, 0.3) is 0 Å². The van der Waals surface area contributed by atoms with Crippen molar-refractivity contribution < 1.29 is 9.53 Å². The fourth-order valence-corrected chi connectivity index (χ4v) is 3.36. The zero-order chi connectivity index (χ0) is 20.3. The van der Waals surface area contributed by atoms with Crippen molar-refractivity contribution in [1.82, 2.24) is 4.98 Å². The Morgan fingerprint density at radius 1 is 0.862 bits per heavy atom. The van der Waals surface area contributed by atoms with Gasteiger partial charge in [-0.1, -0.05) is 75.4 Å². The number of hydrogen-bond donors (Lipinski definition) is 0. The molecule has 150 valence electrons. The number of ether oxygens (including phenoxy) is 1. The van der Waals surface area contributed by atoms with Gasteiger partial charge in [0.05, 0.1) is 12.3 Å². The summed E-state index contributed by atoms with van der Waals surface area (Å²) in [5.74, 6) is 0.776. The van der Waals surface area contributed by atoms with Crippen LogP contribution in [0.1, 0.15) is 61.4 Å². The molecule has 0 aliphatic rings. The van der Waals surface area contributed by atoms with Crippen molar-refractivity contribution in [3.05, 3.63) is 84.1 Å². The van der Waals surface area contributed by atoms with Crippen LogP contribution < -0.4 is 4.74 Å². The van der Waals surface area contributed by atoms with Crippen molar-refractivity contribution in [2.45, 2.75) is 45.4 Å². The molecule has 29 heavy (non-hydrogen) atoms. The van der Waals surface area contributed by atoms with Gasteiger partial charge in [-0.25, -0.2) is 0 Å². The van der Waals surface area contributed by atoms with Gasteiger partial charge < -0.3 is 4.74 Å². The van der Waals surface area contributed by atoms with Gasteiger partial charge in [0.1, 0.15) is 5.75 Å². The van der Waals surface area contributed by atoms with Gasteiger partial charge in [-0.15, -0.1) is 0 Å². The zero-order valence-electron chi connectivity index (χ0n) is 17.1. The zero-order valence-corrected chi connectivity index (χ0v) is 17.1. The molecule has 0 saturated heterocycles. The van der Waals surface area contributed by atoms with Crippen LogP contribution in [-0.4, -0.2) is 17.4 Å². The second-order valence-corrected chi connectivity index (χ2v) is 7.23. The third kappa shape index (κ3) is 6.02. The van der Waals surface area contributed by atoms with Crippen molar-refractivity contribution in [3.8, 4) is 17.0 Å². The Bertz CT molecular complexity index is 891. The van der Waals surface area contributed by atoms with Gasteiger partial charge >= 0.3 is 0 Å². The molecule has 0 atom stereocenters. The highest BCUT2D eigenvalue weighted by Gasteiger charge is 2.16. The average molecular weight is 388 g/mol. The van der Waals surface area contributed by atoms with Gasteiger partial charge in [-0.3, -0.25) is 9.78 Å². The maximum absolute atomic E-state index is 13.1. The number of rotatable bonds is 11. The molecule has 1 heterocycles. The lowest BCUT2D eigenvalue weighted by atomic mass is 9.96. The van der Waals surface area contributed by atoms with Gasteiger partial charge in [0.2, 0.25) is 0 Å². The molecule has 1 aromatic heterocycles. The largest absolute Gasteiger partial charge is 0.494 e.